The fourth-order valence-electron chi connectivity index (χ4n) is 3.96. The summed E-state index contributed by atoms with van der Waals surface area (Å²) in [6, 6.07) is 0.00269. The summed E-state index contributed by atoms with van der Waals surface area (Å²) < 4.78 is 0. The van der Waals surface area contributed by atoms with Crippen LogP contribution in [0.15, 0.2) is 12.4 Å². The summed E-state index contributed by atoms with van der Waals surface area (Å²) in [6.07, 6.45) is 9.50. The standard InChI is InChI=1S/C19H31N5O/c1-16-18(21-9-8-20-16)23-12-7-13-24(15-14-23)19(25)17(2)22-10-5-3-4-6-11-22/h8-9,17H,3-7,10-15H2,1-2H3. The molecule has 6 nitrogen and oxygen atoms in total. The Kier molecular flexibility index (Phi) is 6.24. The molecule has 3 rings (SSSR count). The molecule has 0 N–H and O–H groups in total. The van der Waals surface area contributed by atoms with Gasteiger partial charge in [0.2, 0.25) is 5.91 Å². The van der Waals surface area contributed by atoms with Crippen molar-refractivity contribution in [3.05, 3.63) is 18.1 Å². The summed E-state index contributed by atoms with van der Waals surface area (Å²) in [6.45, 7) is 9.58. The smallest absolute Gasteiger partial charge is 0.239 e. The van der Waals surface area contributed by atoms with Gasteiger partial charge >= 0.3 is 0 Å². The number of anilines is 1. The highest BCUT2D eigenvalue weighted by atomic mass is 16.2. The maximum Gasteiger partial charge on any atom is 0.239 e. The first-order chi connectivity index (χ1) is 12.2. The largest absolute Gasteiger partial charge is 0.353 e. The quantitative estimate of drug-likeness (QED) is 0.840. The zero-order chi connectivity index (χ0) is 17.6. The molecule has 2 aliphatic heterocycles. The Balaban J connectivity index is 1.60. The number of rotatable bonds is 3. The molecule has 1 aromatic rings. The molecule has 0 saturated carbocycles. The van der Waals surface area contributed by atoms with E-state index in [1.54, 1.807) is 12.4 Å². The zero-order valence-corrected chi connectivity index (χ0v) is 15.7. The van der Waals surface area contributed by atoms with Crippen molar-refractivity contribution >= 4 is 11.7 Å². The third kappa shape index (κ3) is 4.48. The third-order valence-electron chi connectivity index (χ3n) is 5.51. The normalized spacial score (nSPS) is 21.5. The van der Waals surface area contributed by atoms with E-state index in [1.807, 2.05) is 6.92 Å². The number of aryl methyl sites for hydroxylation is 1. The van der Waals surface area contributed by atoms with Crippen LogP contribution < -0.4 is 4.90 Å². The second-order valence-electron chi connectivity index (χ2n) is 7.26. The number of hydrogen-bond donors (Lipinski definition) is 0. The Hall–Kier alpha value is -1.69. The van der Waals surface area contributed by atoms with Gasteiger partial charge in [-0.3, -0.25) is 14.7 Å². The van der Waals surface area contributed by atoms with Crippen LogP contribution in [0.1, 0.15) is 44.7 Å². The molecular weight excluding hydrogens is 314 g/mol. The summed E-state index contributed by atoms with van der Waals surface area (Å²) in [4.78, 5) is 28.5. The van der Waals surface area contributed by atoms with E-state index in [0.29, 0.717) is 5.91 Å². The lowest BCUT2D eigenvalue weighted by Gasteiger charge is -2.31. The van der Waals surface area contributed by atoms with Crippen LogP contribution in [0.25, 0.3) is 0 Å². The van der Waals surface area contributed by atoms with Crippen molar-refractivity contribution in [2.45, 2.75) is 52.0 Å². The van der Waals surface area contributed by atoms with Crippen LogP contribution in [0, 0.1) is 6.92 Å². The molecule has 0 spiro atoms. The van der Waals surface area contributed by atoms with Crippen molar-refractivity contribution < 1.29 is 4.79 Å². The minimum absolute atomic E-state index is 0.00269. The van der Waals surface area contributed by atoms with Crippen LogP contribution in [0.5, 0.6) is 0 Å². The fraction of sp³-hybridized carbons (Fsp3) is 0.737. The summed E-state index contributed by atoms with van der Waals surface area (Å²) >= 11 is 0. The molecular formula is C19H31N5O. The van der Waals surface area contributed by atoms with E-state index in [-0.39, 0.29) is 6.04 Å². The maximum atomic E-state index is 13.0. The monoisotopic (exact) mass is 345 g/mol. The van der Waals surface area contributed by atoms with Crippen LogP contribution >= 0.6 is 0 Å². The van der Waals surface area contributed by atoms with E-state index >= 15 is 0 Å². The maximum absolute atomic E-state index is 13.0. The second kappa shape index (κ2) is 8.61. The minimum Gasteiger partial charge on any atom is -0.353 e. The highest BCUT2D eigenvalue weighted by Crippen LogP contribution is 2.18. The molecule has 3 heterocycles. The van der Waals surface area contributed by atoms with E-state index in [0.717, 1.165) is 57.2 Å². The molecule has 0 aromatic carbocycles. The van der Waals surface area contributed by atoms with Gasteiger partial charge in [0.15, 0.2) is 0 Å². The first kappa shape index (κ1) is 18.1. The number of likely N-dealkylation sites (tertiary alicyclic amines) is 1. The van der Waals surface area contributed by atoms with Crippen molar-refractivity contribution in [2.24, 2.45) is 0 Å². The van der Waals surface area contributed by atoms with Crippen molar-refractivity contribution in [1.82, 2.24) is 19.8 Å². The average molecular weight is 345 g/mol. The van der Waals surface area contributed by atoms with Crippen molar-refractivity contribution in [1.29, 1.82) is 0 Å². The minimum atomic E-state index is 0.00269. The van der Waals surface area contributed by atoms with E-state index in [1.165, 1.54) is 25.7 Å². The SMILES string of the molecule is Cc1nccnc1N1CCCN(C(=O)C(C)N2CCCCCC2)CC1. The van der Waals surface area contributed by atoms with Crippen molar-refractivity contribution in [3.63, 3.8) is 0 Å². The first-order valence-electron chi connectivity index (χ1n) is 9.72. The lowest BCUT2D eigenvalue weighted by molar-refractivity contribution is -0.136. The van der Waals surface area contributed by atoms with Gasteiger partial charge in [-0.25, -0.2) is 4.98 Å². The molecule has 1 aromatic heterocycles. The molecule has 0 aliphatic carbocycles. The highest BCUT2D eigenvalue weighted by Gasteiger charge is 2.28. The molecule has 1 amide bonds. The van der Waals surface area contributed by atoms with Gasteiger partial charge in [0.25, 0.3) is 0 Å². The number of aromatic nitrogens is 2. The number of carbonyl (C=O) groups excluding carboxylic acids is 1. The summed E-state index contributed by atoms with van der Waals surface area (Å²) in [5, 5.41) is 0. The number of hydrogen-bond acceptors (Lipinski definition) is 5. The molecule has 2 saturated heterocycles. The van der Waals surface area contributed by atoms with Gasteiger partial charge in [0.05, 0.1) is 11.7 Å². The van der Waals surface area contributed by atoms with Crippen LogP contribution in [0.4, 0.5) is 5.82 Å². The van der Waals surface area contributed by atoms with E-state index < -0.39 is 0 Å². The first-order valence-corrected chi connectivity index (χ1v) is 9.72. The predicted molar refractivity (Wildman–Crippen MR) is 99.7 cm³/mol. The molecule has 25 heavy (non-hydrogen) atoms. The summed E-state index contributed by atoms with van der Waals surface area (Å²) in [5.74, 6) is 1.25. The van der Waals surface area contributed by atoms with Crippen molar-refractivity contribution in [2.75, 3.05) is 44.2 Å². The number of amides is 1. The van der Waals surface area contributed by atoms with Gasteiger partial charge in [-0.05, 0) is 46.2 Å². The van der Waals surface area contributed by atoms with Crippen LogP contribution in [0.3, 0.4) is 0 Å². The van der Waals surface area contributed by atoms with Gasteiger partial charge in [0.1, 0.15) is 5.82 Å². The number of nitrogens with zero attached hydrogens (tertiary/aromatic N) is 5. The molecule has 1 unspecified atom stereocenters. The van der Waals surface area contributed by atoms with Gasteiger partial charge in [-0.15, -0.1) is 0 Å². The highest BCUT2D eigenvalue weighted by molar-refractivity contribution is 5.81. The van der Waals surface area contributed by atoms with Gasteiger partial charge in [0, 0.05) is 38.6 Å². The van der Waals surface area contributed by atoms with Crippen LogP contribution in [-0.4, -0.2) is 71.0 Å². The van der Waals surface area contributed by atoms with Crippen LogP contribution in [0.2, 0.25) is 0 Å². The molecule has 138 valence electrons. The van der Waals surface area contributed by atoms with Crippen LogP contribution in [-0.2, 0) is 4.79 Å². The summed E-state index contributed by atoms with van der Waals surface area (Å²) in [7, 11) is 0. The molecule has 2 aliphatic rings. The van der Waals surface area contributed by atoms with Gasteiger partial charge in [-0.1, -0.05) is 12.8 Å². The summed E-state index contributed by atoms with van der Waals surface area (Å²) in [5.41, 5.74) is 0.959. The Labute approximate surface area is 151 Å². The lowest BCUT2D eigenvalue weighted by Crippen LogP contribution is -2.48. The van der Waals surface area contributed by atoms with E-state index in [9.17, 15) is 4.79 Å². The van der Waals surface area contributed by atoms with Crippen molar-refractivity contribution in [3.8, 4) is 0 Å². The Bertz CT molecular complexity index is 571. The van der Waals surface area contributed by atoms with E-state index in [2.05, 4.69) is 31.6 Å². The molecule has 2 fully saturated rings. The van der Waals surface area contributed by atoms with Gasteiger partial charge < -0.3 is 9.80 Å². The number of carbonyl (C=O) groups is 1. The predicted octanol–water partition coefficient (Wildman–Crippen LogP) is 2.09. The lowest BCUT2D eigenvalue weighted by atomic mass is 10.2. The Morgan fingerprint density at radius 3 is 2.36 bits per heavy atom. The average Bonchev–Trinajstić information content (AvgIpc) is 3.04. The Morgan fingerprint density at radius 2 is 1.64 bits per heavy atom. The topological polar surface area (TPSA) is 52.6 Å². The fourth-order valence-corrected chi connectivity index (χ4v) is 3.96. The Morgan fingerprint density at radius 1 is 0.920 bits per heavy atom. The second-order valence-corrected chi connectivity index (χ2v) is 7.26. The molecule has 6 heteroatoms. The molecule has 0 radical (unpaired) electrons. The van der Waals surface area contributed by atoms with E-state index in [4.69, 9.17) is 0 Å². The van der Waals surface area contributed by atoms with Gasteiger partial charge in [-0.2, -0.15) is 0 Å². The third-order valence-corrected chi connectivity index (χ3v) is 5.51. The zero-order valence-electron chi connectivity index (χ0n) is 15.7. The molecule has 0 bridgehead atoms. The molecule has 1 atom stereocenters.